The van der Waals surface area contributed by atoms with Gasteiger partial charge in [0.1, 0.15) is 5.75 Å². The number of aromatic nitrogens is 1. The van der Waals surface area contributed by atoms with Gasteiger partial charge in [0.05, 0.1) is 12.8 Å². The first-order valence-electron chi connectivity index (χ1n) is 4.91. The first-order valence-corrected chi connectivity index (χ1v) is 5.45. The van der Waals surface area contributed by atoms with Crippen LogP contribution in [0.4, 0.5) is 0 Å². The first-order chi connectivity index (χ1) is 7.15. The summed E-state index contributed by atoms with van der Waals surface area (Å²) in [5.41, 5.74) is 1.99. The summed E-state index contributed by atoms with van der Waals surface area (Å²) < 4.78 is 5.19. The summed E-state index contributed by atoms with van der Waals surface area (Å²) >= 11 is 5.67. The fraction of sp³-hybridized carbons (Fsp3) is 0.545. The van der Waals surface area contributed by atoms with Gasteiger partial charge in [0.15, 0.2) is 0 Å². The molecular formula is C11H17ClN2O. The summed E-state index contributed by atoms with van der Waals surface area (Å²) in [5, 5.41) is 0. The lowest BCUT2D eigenvalue weighted by atomic mass is 10.3. The van der Waals surface area contributed by atoms with Gasteiger partial charge in [0.25, 0.3) is 0 Å². The van der Waals surface area contributed by atoms with Crippen molar-refractivity contribution in [3.8, 4) is 5.75 Å². The molecule has 0 unspecified atom stereocenters. The molecular weight excluding hydrogens is 212 g/mol. The van der Waals surface area contributed by atoms with Crippen LogP contribution in [-0.4, -0.2) is 36.5 Å². The Hall–Kier alpha value is -0.800. The van der Waals surface area contributed by atoms with Crippen molar-refractivity contribution in [2.45, 2.75) is 13.5 Å². The molecule has 1 rings (SSSR count). The monoisotopic (exact) mass is 228 g/mol. The second-order valence-corrected chi connectivity index (χ2v) is 3.94. The molecule has 0 aliphatic heterocycles. The van der Waals surface area contributed by atoms with Gasteiger partial charge < -0.3 is 4.74 Å². The molecule has 1 heterocycles. The van der Waals surface area contributed by atoms with E-state index in [0.717, 1.165) is 30.2 Å². The second-order valence-electron chi connectivity index (χ2n) is 3.57. The van der Waals surface area contributed by atoms with Crippen molar-refractivity contribution in [3.05, 3.63) is 23.5 Å². The average molecular weight is 229 g/mol. The van der Waals surface area contributed by atoms with Gasteiger partial charge in [-0.3, -0.25) is 9.88 Å². The van der Waals surface area contributed by atoms with Gasteiger partial charge in [-0.2, -0.15) is 0 Å². The largest absolute Gasteiger partial charge is 0.497 e. The average Bonchev–Trinajstić information content (AvgIpc) is 2.17. The van der Waals surface area contributed by atoms with E-state index in [0.29, 0.717) is 5.88 Å². The molecule has 0 fully saturated rings. The van der Waals surface area contributed by atoms with Crippen LogP contribution in [0.15, 0.2) is 12.1 Å². The highest BCUT2D eigenvalue weighted by atomic mass is 35.5. The van der Waals surface area contributed by atoms with Crippen molar-refractivity contribution in [2.24, 2.45) is 0 Å². The summed E-state index contributed by atoms with van der Waals surface area (Å²) in [6, 6.07) is 3.88. The van der Waals surface area contributed by atoms with Gasteiger partial charge in [-0.25, -0.2) is 0 Å². The number of aryl methyl sites for hydroxylation is 1. The molecule has 0 radical (unpaired) electrons. The minimum atomic E-state index is 0.638. The van der Waals surface area contributed by atoms with Gasteiger partial charge in [0.2, 0.25) is 0 Å². The molecule has 0 aromatic carbocycles. The molecule has 3 nitrogen and oxygen atoms in total. The molecule has 1 aromatic rings. The second kappa shape index (κ2) is 5.93. The van der Waals surface area contributed by atoms with E-state index in [-0.39, 0.29) is 0 Å². The molecule has 84 valence electrons. The van der Waals surface area contributed by atoms with E-state index in [1.165, 1.54) is 0 Å². The number of nitrogens with zero attached hydrogens (tertiary/aromatic N) is 2. The van der Waals surface area contributed by atoms with Crippen LogP contribution in [0, 0.1) is 6.92 Å². The van der Waals surface area contributed by atoms with Crippen LogP contribution in [0.5, 0.6) is 5.75 Å². The van der Waals surface area contributed by atoms with E-state index < -0.39 is 0 Å². The number of alkyl halides is 1. The zero-order valence-electron chi connectivity index (χ0n) is 9.46. The number of hydrogen-bond donors (Lipinski definition) is 0. The number of methoxy groups -OCH3 is 1. The Kier molecular flexibility index (Phi) is 4.85. The molecule has 0 spiro atoms. The summed E-state index contributed by atoms with van der Waals surface area (Å²) in [6.07, 6.45) is 0. The Morgan fingerprint density at radius 1 is 1.47 bits per heavy atom. The summed E-state index contributed by atoms with van der Waals surface area (Å²) in [7, 11) is 3.69. The first kappa shape index (κ1) is 12.3. The number of halogens is 1. The Morgan fingerprint density at radius 3 is 2.80 bits per heavy atom. The highest BCUT2D eigenvalue weighted by molar-refractivity contribution is 6.18. The van der Waals surface area contributed by atoms with Gasteiger partial charge in [0, 0.05) is 36.8 Å². The SMILES string of the molecule is COc1cc(C)nc(CN(C)CCCl)c1. The van der Waals surface area contributed by atoms with Crippen LogP contribution >= 0.6 is 11.6 Å². The zero-order chi connectivity index (χ0) is 11.3. The van der Waals surface area contributed by atoms with Crippen molar-refractivity contribution in [1.82, 2.24) is 9.88 Å². The normalized spacial score (nSPS) is 10.7. The molecule has 0 amide bonds. The standard InChI is InChI=1S/C11H17ClN2O/c1-9-6-11(15-3)7-10(13-9)8-14(2)5-4-12/h6-7H,4-5,8H2,1-3H3. The van der Waals surface area contributed by atoms with E-state index in [2.05, 4.69) is 9.88 Å². The maximum atomic E-state index is 5.67. The van der Waals surface area contributed by atoms with Crippen molar-refractivity contribution in [2.75, 3.05) is 26.6 Å². The van der Waals surface area contributed by atoms with Crippen molar-refractivity contribution in [3.63, 3.8) is 0 Å². The minimum Gasteiger partial charge on any atom is -0.497 e. The highest BCUT2D eigenvalue weighted by Crippen LogP contribution is 2.14. The fourth-order valence-corrected chi connectivity index (χ4v) is 1.69. The maximum Gasteiger partial charge on any atom is 0.122 e. The Morgan fingerprint density at radius 2 is 2.20 bits per heavy atom. The maximum absolute atomic E-state index is 5.67. The quantitative estimate of drug-likeness (QED) is 0.722. The molecule has 15 heavy (non-hydrogen) atoms. The third-order valence-corrected chi connectivity index (χ3v) is 2.28. The molecule has 0 saturated heterocycles. The number of hydrogen-bond acceptors (Lipinski definition) is 3. The van der Waals surface area contributed by atoms with E-state index >= 15 is 0 Å². The van der Waals surface area contributed by atoms with Gasteiger partial charge in [-0.15, -0.1) is 11.6 Å². The summed E-state index contributed by atoms with van der Waals surface area (Å²) in [6.45, 7) is 3.62. The molecule has 0 atom stereocenters. The lowest BCUT2D eigenvalue weighted by molar-refractivity contribution is 0.341. The van der Waals surface area contributed by atoms with Crippen LogP contribution < -0.4 is 4.74 Å². The Labute approximate surface area is 96.0 Å². The number of pyridine rings is 1. The number of rotatable bonds is 5. The smallest absolute Gasteiger partial charge is 0.122 e. The topological polar surface area (TPSA) is 25.4 Å². The van der Waals surface area contributed by atoms with Crippen LogP contribution in [-0.2, 0) is 6.54 Å². The molecule has 0 saturated carbocycles. The van der Waals surface area contributed by atoms with Crippen molar-refractivity contribution >= 4 is 11.6 Å². The zero-order valence-corrected chi connectivity index (χ0v) is 10.2. The number of ether oxygens (including phenoxy) is 1. The van der Waals surface area contributed by atoms with Crippen LogP contribution in [0.1, 0.15) is 11.4 Å². The summed E-state index contributed by atoms with van der Waals surface area (Å²) in [4.78, 5) is 6.57. The van der Waals surface area contributed by atoms with Gasteiger partial charge >= 0.3 is 0 Å². The fourth-order valence-electron chi connectivity index (χ4n) is 1.40. The predicted molar refractivity (Wildman–Crippen MR) is 62.6 cm³/mol. The van der Waals surface area contributed by atoms with E-state index in [4.69, 9.17) is 16.3 Å². The molecule has 0 N–H and O–H groups in total. The third-order valence-electron chi connectivity index (χ3n) is 2.11. The molecule has 4 heteroatoms. The molecule has 1 aromatic heterocycles. The van der Waals surface area contributed by atoms with Gasteiger partial charge in [-0.05, 0) is 14.0 Å². The lowest BCUT2D eigenvalue weighted by Gasteiger charge is -2.15. The van der Waals surface area contributed by atoms with Gasteiger partial charge in [-0.1, -0.05) is 0 Å². The van der Waals surface area contributed by atoms with E-state index in [9.17, 15) is 0 Å². The third kappa shape index (κ3) is 4.06. The Bertz CT molecular complexity index is 317. The highest BCUT2D eigenvalue weighted by Gasteiger charge is 2.03. The van der Waals surface area contributed by atoms with Crippen molar-refractivity contribution in [1.29, 1.82) is 0 Å². The minimum absolute atomic E-state index is 0.638. The van der Waals surface area contributed by atoms with E-state index in [1.54, 1.807) is 7.11 Å². The lowest BCUT2D eigenvalue weighted by Crippen LogP contribution is -2.20. The predicted octanol–water partition coefficient (Wildman–Crippen LogP) is 2.07. The van der Waals surface area contributed by atoms with Crippen LogP contribution in [0.3, 0.4) is 0 Å². The van der Waals surface area contributed by atoms with Crippen LogP contribution in [0.2, 0.25) is 0 Å². The molecule has 0 aliphatic carbocycles. The molecule has 0 aliphatic rings. The van der Waals surface area contributed by atoms with Crippen molar-refractivity contribution < 1.29 is 4.74 Å². The van der Waals surface area contributed by atoms with Crippen LogP contribution in [0.25, 0.3) is 0 Å². The van der Waals surface area contributed by atoms with E-state index in [1.807, 2.05) is 26.1 Å². The summed E-state index contributed by atoms with van der Waals surface area (Å²) in [5.74, 6) is 1.50. The molecule has 0 bridgehead atoms. The Balaban J connectivity index is 2.71.